The molecule has 0 amide bonds. The van der Waals surface area contributed by atoms with Crippen LogP contribution >= 0.6 is 0 Å². The molecular weight excluding hydrogens is 230 g/mol. The van der Waals surface area contributed by atoms with Gasteiger partial charge in [0.2, 0.25) is 0 Å². The van der Waals surface area contributed by atoms with E-state index in [9.17, 15) is 5.11 Å². The Morgan fingerprint density at radius 3 is 2.61 bits per heavy atom. The van der Waals surface area contributed by atoms with E-state index < -0.39 is 0 Å². The van der Waals surface area contributed by atoms with Crippen molar-refractivity contribution in [3.05, 3.63) is 71.8 Å². The highest BCUT2D eigenvalue weighted by Gasteiger charge is 2.05. The van der Waals surface area contributed by atoms with Gasteiger partial charge in [0, 0.05) is 6.08 Å². The average molecular weight is 247 g/mol. The van der Waals surface area contributed by atoms with Crippen molar-refractivity contribution < 1.29 is 15.1 Å². The van der Waals surface area contributed by atoms with Gasteiger partial charge in [-0.25, -0.2) is 0 Å². The van der Waals surface area contributed by atoms with Gasteiger partial charge in [-0.05, 0) is 18.6 Å². The highest BCUT2D eigenvalue weighted by Crippen LogP contribution is 2.13. The molecule has 1 aromatic rings. The van der Waals surface area contributed by atoms with Crippen LogP contribution < -0.4 is 5.48 Å². The number of aliphatic hydroxyl groups is 1. The van der Waals surface area contributed by atoms with Crippen LogP contribution in [0.4, 0.5) is 0 Å². The summed E-state index contributed by atoms with van der Waals surface area (Å²) in [6.45, 7) is 5.54. The molecule has 0 atom stereocenters. The Balaban J connectivity index is 2.74. The third kappa shape index (κ3) is 4.35. The van der Waals surface area contributed by atoms with Crippen LogP contribution in [0.1, 0.15) is 12.5 Å². The second-order valence-electron chi connectivity index (χ2n) is 3.59. The van der Waals surface area contributed by atoms with Crippen molar-refractivity contribution in [2.24, 2.45) is 0 Å². The minimum absolute atomic E-state index is 0.0117. The molecule has 0 radical (unpaired) electrons. The molecule has 0 aliphatic carbocycles. The van der Waals surface area contributed by atoms with Crippen LogP contribution in [0.5, 0.6) is 0 Å². The van der Waals surface area contributed by atoms with Crippen LogP contribution in [0, 0.1) is 0 Å². The smallest absolute Gasteiger partial charge is 0.163 e. The summed E-state index contributed by atoms with van der Waals surface area (Å²) in [5.74, 6) is 0.232. The van der Waals surface area contributed by atoms with E-state index in [1.807, 2.05) is 35.8 Å². The summed E-state index contributed by atoms with van der Waals surface area (Å²) in [5, 5.41) is 18.3. The normalized spacial score (nSPS) is 12.1. The number of rotatable bonds is 6. The molecule has 0 saturated carbocycles. The van der Waals surface area contributed by atoms with Crippen LogP contribution in [0.25, 0.3) is 0 Å². The molecule has 18 heavy (non-hydrogen) atoms. The highest BCUT2D eigenvalue weighted by molar-refractivity contribution is 5.27. The van der Waals surface area contributed by atoms with Crippen molar-refractivity contribution in [2.45, 2.75) is 13.5 Å². The third-order valence-electron chi connectivity index (χ3n) is 2.21. The van der Waals surface area contributed by atoms with E-state index in [2.05, 4.69) is 6.58 Å². The molecule has 0 spiro atoms. The van der Waals surface area contributed by atoms with Gasteiger partial charge >= 0.3 is 0 Å². The Bertz CT molecular complexity index is 449. The number of allylic oxidation sites excluding steroid dienone is 2. The van der Waals surface area contributed by atoms with Gasteiger partial charge < -0.3 is 9.84 Å². The zero-order valence-electron chi connectivity index (χ0n) is 10.3. The van der Waals surface area contributed by atoms with Gasteiger partial charge in [-0.3, -0.25) is 10.7 Å². The lowest BCUT2D eigenvalue weighted by Gasteiger charge is -2.10. The average Bonchev–Trinajstić information content (AvgIpc) is 2.43. The maximum atomic E-state index is 9.66. The van der Waals surface area contributed by atoms with Crippen molar-refractivity contribution in [2.75, 3.05) is 0 Å². The van der Waals surface area contributed by atoms with Crippen molar-refractivity contribution >= 4 is 0 Å². The van der Waals surface area contributed by atoms with Crippen molar-refractivity contribution in [3.63, 3.8) is 0 Å². The number of hydroxylamine groups is 1. The van der Waals surface area contributed by atoms with Crippen LogP contribution in [0.2, 0.25) is 0 Å². The first-order valence-electron chi connectivity index (χ1n) is 5.50. The van der Waals surface area contributed by atoms with Gasteiger partial charge in [0.25, 0.3) is 0 Å². The van der Waals surface area contributed by atoms with Crippen molar-refractivity contribution in [1.82, 2.24) is 5.48 Å². The molecule has 0 bridgehead atoms. The monoisotopic (exact) mass is 247 g/mol. The zero-order chi connectivity index (χ0) is 13.4. The SMILES string of the molecule is C=C(/C=C(OCc1ccccc1)\C(O)=C/C)NO. The fourth-order valence-corrected chi connectivity index (χ4v) is 1.26. The van der Waals surface area contributed by atoms with Gasteiger partial charge in [-0.15, -0.1) is 0 Å². The second-order valence-corrected chi connectivity index (χ2v) is 3.59. The lowest BCUT2D eigenvalue weighted by Crippen LogP contribution is -2.05. The minimum Gasteiger partial charge on any atom is -0.504 e. The molecule has 96 valence electrons. The summed E-state index contributed by atoms with van der Waals surface area (Å²) in [4.78, 5) is 0. The molecule has 3 N–H and O–H groups in total. The van der Waals surface area contributed by atoms with Crippen LogP contribution in [0.3, 0.4) is 0 Å². The van der Waals surface area contributed by atoms with Gasteiger partial charge in [-0.1, -0.05) is 36.9 Å². The summed E-state index contributed by atoms with van der Waals surface area (Å²) in [5.41, 5.74) is 3.09. The number of aliphatic hydroxyl groups excluding tert-OH is 1. The molecule has 0 saturated heterocycles. The first-order chi connectivity index (χ1) is 8.67. The molecule has 0 heterocycles. The lowest BCUT2D eigenvalue weighted by atomic mass is 10.2. The summed E-state index contributed by atoms with van der Waals surface area (Å²) in [7, 11) is 0. The summed E-state index contributed by atoms with van der Waals surface area (Å²) >= 11 is 0. The second kappa shape index (κ2) is 7.19. The summed E-state index contributed by atoms with van der Waals surface area (Å²) in [6, 6.07) is 9.58. The fourth-order valence-electron chi connectivity index (χ4n) is 1.26. The number of hydrogen-bond acceptors (Lipinski definition) is 4. The number of benzene rings is 1. The minimum atomic E-state index is -0.0117. The van der Waals surface area contributed by atoms with E-state index in [1.165, 1.54) is 12.2 Å². The lowest BCUT2D eigenvalue weighted by molar-refractivity contribution is 0.177. The molecule has 0 aromatic heterocycles. The molecule has 1 aromatic carbocycles. The van der Waals surface area contributed by atoms with E-state index >= 15 is 0 Å². The Labute approximate surface area is 106 Å². The topological polar surface area (TPSA) is 61.7 Å². The Hall–Kier alpha value is -2.20. The van der Waals surface area contributed by atoms with Crippen LogP contribution in [-0.4, -0.2) is 10.3 Å². The number of hydrogen-bond donors (Lipinski definition) is 3. The summed E-state index contributed by atoms with van der Waals surface area (Å²) in [6.07, 6.45) is 2.92. The Morgan fingerprint density at radius 1 is 1.39 bits per heavy atom. The van der Waals surface area contributed by atoms with Crippen molar-refractivity contribution in [1.29, 1.82) is 0 Å². The van der Waals surface area contributed by atoms with Gasteiger partial charge in [0.15, 0.2) is 11.5 Å². The first-order valence-corrected chi connectivity index (χ1v) is 5.50. The zero-order valence-corrected chi connectivity index (χ0v) is 10.3. The summed E-state index contributed by atoms with van der Waals surface area (Å²) < 4.78 is 5.48. The molecule has 4 heteroatoms. The van der Waals surface area contributed by atoms with Crippen LogP contribution in [-0.2, 0) is 11.3 Å². The van der Waals surface area contributed by atoms with Gasteiger partial charge in [-0.2, -0.15) is 0 Å². The van der Waals surface area contributed by atoms with E-state index in [-0.39, 0.29) is 17.2 Å². The molecule has 0 unspecified atom stereocenters. The van der Waals surface area contributed by atoms with Crippen molar-refractivity contribution in [3.8, 4) is 0 Å². The quantitative estimate of drug-likeness (QED) is 0.411. The Kier molecular flexibility index (Phi) is 5.54. The molecule has 4 nitrogen and oxygen atoms in total. The third-order valence-corrected chi connectivity index (χ3v) is 2.21. The van der Waals surface area contributed by atoms with Gasteiger partial charge in [0.05, 0.1) is 5.70 Å². The predicted molar refractivity (Wildman–Crippen MR) is 69.8 cm³/mol. The number of ether oxygens (including phenoxy) is 1. The van der Waals surface area contributed by atoms with E-state index in [1.54, 1.807) is 6.92 Å². The first kappa shape index (κ1) is 13.9. The molecule has 1 rings (SSSR count). The van der Waals surface area contributed by atoms with E-state index in [0.717, 1.165) is 5.56 Å². The Morgan fingerprint density at radius 2 is 2.06 bits per heavy atom. The predicted octanol–water partition coefficient (Wildman–Crippen LogP) is 3.04. The maximum absolute atomic E-state index is 9.66. The van der Waals surface area contributed by atoms with Crippen LogP contribution in [0.15, 0.2) is 66.3 Å². The maximum Gasteiger partial charge on any atom is 0.163 e. The number of nitrogens with one attached hydrogen (secondary N) is 1. The molecule has 0 fully saturated rings. The standard InChI is InChI=1S/C14H17NO3/c1-3-13(16)14(9-11(2)15-17)18-10-12-7-5-4-6-8-12/h3-9,15-17H,2,10H2,1H3/b13-3+,14-9+. The highest BCUT2D eigenvalue weighted by atomic mass is 16.5. The molecular formula is C14H17NO3. The largest absolute Gasteiger partial charge is 0.504 e. The van der Waals surface area contributed by atoms with E-state index in [4.69, 9.17) is 9.94 Å². The molecule has 0 aliphatic rings. The van der Waals surface area contributed by atoms with Gasteiger partial charge in [0.1, 0.15) is 6.61 Å². The van der Waals surface area contributed by atoms with E-state index in [0.29, 0.717) is 6.61 Å². The fraction of sp³-hybridized carbons (Fsp3) is 0.143. The molecule has 0 aliphatic heterocycles.